The van der Waals surface area contributed by atoms with Crippen molar-refractivity contribution in [2.75, 3.05) is 40.4 Å². The van der Waals surface area contributed by atoms with E-state index in [1.165, 1.54) is 31.3 Å². The average Bonchev–Trinajstić information content (AvgIpc) is 2.54. The summed E-state index contributed by atoms with van der Waals surface area (Å²) >= 11 is 0. The van der Waals surface area contributed by atoms with Gasteiger partial charge in [-0.3, -0.25) is 4.99 Å². The molecule has 1 N–H and O–H groups in total. The topological polar surface area (TPSA) is 36.9 Å². The fraction of sp³-hybridized carbons (Fsp3) is 0.833. The smallest absolute Gasteiger partial charge is 0.193 e. The first-order chi connectivity index (χ1) is 10.7. The van der Waals surface area contributed by atoms with Crippen LogP contribution < -0.4 is 5.32 Å². The fourth-order valence-electron chi connectivity index (χ4n) is 3.50. The molecule has 2 aliphatic rings. The molecule has 0 spiro atoms. The van der Waals surface area contributed by atoms with E-state index in [0.717, 1.165) is 56.9 Å². The highest BCUT2D eigenvalue weighted by molar-refractivity contribution is 14.0. The maximum absolute atomic E-state index is 5.35. The largest absolute Gasteiger partial charge is 0.377 e. The molecule has 5 heteroatoms. The molecule has 0 saturated heterocycles. The fourth-order valence-corrected chi connectivity index (χ4v) is 3.50. The molecule has 0 aromatic heterocycles. The third kappa shape index (κ3) is 7.42. The number of rotatable bonds is 5. The molecule has 0 amide bonds. The Morgan fingerprint density at radius 3 is 2.70 bits per heavy atom. The van der Waals surface area contributed by atoms with Gasteiger partial charge in [-0.25, -0.2) is 0 Å². The summed E-state index contributed by atoms with van der Waals surface area (Å²) in [5.41, 5.74) is 1.51. The van der Waals surface area contributed by atoms with E-state index in [2.05, 4.69) is 35.3 Å². The molecule has 1 aliphatic heterocycles. The van der Waals surface area contributed by atoms with Crippen LogP contribution in [0.2, 0.25) is 0 Å². The molecule has 0 radical (unpaired) electrons. The zero-order chi connectivity index (χ0) is 15.8. The molecule has 0 aromatic carbocycles. The summed E-state index contributed by atoms with van der Waals surface area (Å²) in [6.45, 7) is 6.13. The molecule has 0 bridgehead atoms. The quantitative estimate of drug-likeness (QED) is 0.310. The Balaban J connectivity index is 0.00000264. The molecular weight excluding hydrogens is 401 g/mol. The van der Waals surface area contributed by atoms with E-state index >= 15 is 0 Å². The van der Waals surface area contributed by atoms with E-state index in [0.29, 0.717) is 0 Å². The maximum atomic E-state index is 5.35. The first kappa shape index (κ1) is 20.7. The van der Waals surface area contributed by atoms with Gasteiger partial charge >= 0.3 is 0 Å². The van der Waals surface area contributed by atoms with Crippen LogP contribution in [0.4, 0.5) is 0 Å². The second kappa shape index (κ2) is 11.3. The zero-order valence-corrected chi connectivity index (χ0v) is 17.3. The highest BCUT2D eigenvalue weighted by Gasteiger charge is 2.20. The number of nitrogens with zero attached hydrogens (tertiary/aromatic N) is 2. The van der Waals surface area contributed by atoms with Crippen molar-refractivity contribution in [3.05, 3.63) is 11.6 Å². The van der Waals surface area contributed by atoms with E-state index in [-0.39, 0.29) is 24.0 Å². The highest BCUT2D eigenvalue weighted by Crippen LogP contribution is 2.28. The van der Waals surface area contributed by atoms with Crippen LogP contribution in [0.25, 0.3) is 0 Å². The van der Waals surface area contributed by atoms with E-state index < -0.39 is 0 Å². The minimum Gasteiger partial charge on any atom is -0.377 e. The summed E-state index contributed by atoms with van der Waals surface area (Å²) < 4.78 is 5.35. The molecule has 134 valence electrons. The second-order valence-electron chi connectivity index (χ2n) is 6.92. The van der Waals surface area contributed by atoms with Gasteiger partial charge in [-0.2, -0.15) is 0 Å². The molecule has 1 saturated carbocycles. The maximum Gasteiger partial charge on any atom is 0.193 e. The molecule has 1 fully saturated rings. The molecule has 0 aromatic rings. The molecule has 4 nitrogen and oxygen atoms in total. The lowest BCUT2D eigenvalue weighted by atomic mass is 9.83. The Morgan fingerprint density at radius 1 is 1.35 bits per heavy atom. The van der Waals surface area contributed by atoms with Gasteiger partial charge in [-0.15, -0.1) is 24.0 Å². The number of hydrogen-bond acceptors (Lipinski definition) is 2. The van der Waals surface area contributed by atoms with Gasteiger partial charge in [0.2, 0.25) is 0 Å². The Hall–Kier alpha value is -0.300. The van der Waals surface area contributed by atoms with Crippen molar-refractivity contribution in [2.45, 2.75) is 45.4 Å². The van der Waals surface area contributed by atoms with Crippen LogP contribution in [0.5, 0.6) is 0 Å². The number of ether oxygens (including phenoxy) is 1. The lowest BCUT2D eigenvalue weighted by molar-refractivity contribution is 0.153. The Morgan fingerprint density at radius 2 is 2.09 bits per heavy atom. The monoisotopic (exact) mass is 435 g/mol. The number of nitrogens with one attached hydrogen (secondary N) is 1. The van der Waals surface area contributed by atoms with Crippen LogP contribution in [0.15, 0.2) is 16.6 Å². The van der Waals surface area contributed by atoms with Crippen molar-refractivity contribution in [1.82, 2.24) is 10.2 Å². The summed E-state index contributed by atoms with van der Waals surface area (Å²) in [6, 6.07) is 0. The third-order valence-corrected chi connectivity index (χ3v) is 5.03. The van der Waals surface area contributed by atoms with E-state index in [4.69, 9.17) is 4.74 Å². The van der Waals surface area contributed by atoms with Crippen LogP contribution in [0.1, 0.15) is 45.4 Å². The lowest BCUT2D eigenvalue weighted by Gasteiger charge is -2.31. The van der Waals surface area contributed by atoms with Crippen LogP contribution in [0.3, 0.4) is 0 Å². The SMILES string of the molecule is CN=C(NCCC1=CCOCC1)N(C)CC1CCC(C)CC1.I. The van der Waals surface area contributed by atoms with Crippen molar-refractivity contribution >= 4 is 29.9 Å². The first-order valence-corrected chi connectivity index (χ1v) is 8.86. The van der Waals surface area contributed by atoms with Gasteiger partial charge in [0.15, 0.2) is 5.96 Å². The first-order valence-electron chi connectivity index (χ1n) is 8.86. The summed E-state index contributed by atoms with van der Waals surface area (Å²) in [7, 11) is 4.05. The van der Waals surface area contributed by atoms with Gasteiger partial charge in [-0.1, -0.05) is 31.4 Å². The molecular formula is C18H34IN3O. The summed E-state index contributed by atoms with van der Waals surface area (Å²) in [4.78, 5) is 6.74. The number of halogens is 1. The van der Waals surface area contributed by atoms with Gasteiger partial charge in [0, 0.05) is 27.2 Å². The Kier molecular flexibility index (Phi) is 10.2. The predicted molar refractivity (Wildman–Crippen MR) is 109 cm³/mol. The molecule has 1 heterocycles. The third-order valence-electron chi connectivity index (χ3n) is 5.03. The van der Waals surface area contributed by atoms with Gasteiger partial charge in [0.1, 0.15) is 0 Å². The number of guanidine groups is 1. The number of hydrogen-bond donors (Lipinski definition) is 1. The molecule has 0 atom stereocenters. The molecule has 2 rings (SSSR count). The van der Waals surface area contributed by atoms with Crippen molar-refractivity contribution in [1.29, 1.82) is 0 Å². The standard InChI is InChI=1S/C18H33N3O.HI/c1-15-4-6-17(7-5-15)14-21(3)18(19-2)20-11-8-16-9-12-22-13-10-16;/h9,15,17H,4-8,10-14H2,1-3H3,(H,19,20);1H. The Bertz CT molecular complexity index is 390. The van der Waals surface area contributed by atoms with Crippen LogP contribution >= 0.6 is 24.0 Å². The van der Waals surface area contributed by atoms with Gasteiger partial charge in [0.25, 0.3) is 0 Å². The van der Waals surface area contributed by atoms with Gasteiger partial charge in [0.05, 0.1) is 13.2 Å². The Labute approximate surface area is 159 Å². The minimum atomic E-state index is 0. The predicted octanol–water partition coefficient (Wildman–Crippen LogP) is 3.67. The lowest BCUT2D eigenvalue weighted by Crippen LogP contribution is -2.42. The summed E-state index contributed by atoms with van der Waals surface area (Å²) in [6.07, 6.45) is 9.92. The molecule has 1 aliphatic carbocycles. The van der Waals surface area contributed by atoms with Crippen molar-refractivity contribution in [2.24, 2.45) is 16.8 Å². The van der Waals surface area contributed by atoms with Crippen LogP contribution in [-0.2, 0) is 4.74 Å². The van der Waals surface area contributed by atoms with Crippen molar-refractivity contribution < 1.29 is 4.74 Å². The van der Waals surface area contributed by atoms with Crippen molar-refractivity contribution in [3.63, 3.8) is 0 Å². The van der Waals surface area contributed by atoms with Gasteiger partial charge in [-0.05, 0) is 37.5 Å². The minimum absolute atomic E-state index is 0. The zero-order valence-electron chi connectivity index (χ0n) is 15.0. The summed E-state index contributed by atoms with van der Waals surface area (Å²) in [5.74, 6) is 2.79. The highest BCUT2D eigenvalue weighted by atomic mass is 127. The average molecular weight is 435 g/mol. The van der Waals surface area contributed by atoms with Gasteiger partial charge < -0.3 is 15.0 Å². The normalized spacial score (nSPS) is 25.3. The second-order valence-corrected chi connectivity index (χ2v) is 6.92. The van der Waals surface area contributed by atoms with E-state index in [1.54, 1.807) is 0 Å². The number of aliphatic imine (C=N–C) groups is 1. The van der Waals surface area contributed by atoms with Crippen LogP contribution in [-0.4, -0.2) is 51.3 Å². The van der Waals surface area contributed by atoms with Crippen molar-refractivity contribution in [3.8, 4) is 0 Å². The summed E-state index contributed by atoms with van der Waals surface area (Å²) in [5, 5.41) is 3.51. The van der Waals surface area contributed by atoms with E-state index in [9.17, 15) is 0 Å². The molecule has 0 unspecified atom stereocenters. The molecule has 23 heavy (non-hydrogen) atoms. The van der Waals surface area contributed by atoms with Crippen LogP contribution in [0, 0.1) is 11.8 Å². The van der Waals surface area contributed by atoms with E-state index in [1.807, 2.05) is 7.05 Å².